The molecule has 2 heterocycles. The largest absolute Gasteiger partial charge is 1.00 e. The first-order valence-corrected chi connectivity index (χ1v) is 10.4. The minimum Gasteiger partial charge on any atom is -1.00 e. The fourth-order valence-electron chi connectivity index (χ4n) is 3.37. The number of fused-ring (bicyclic) bond motifs is 1. The first-order valence-electron chi connectivity index (χ1n) is 9.16. The first-order chi connectivity index (χ1) is 14.1. The van der Waals surface area contributed by atoms with Gasteiger partial charge >= 0.3 is 13.8 Å². The highest BCUT2D eigenvalue weighted by Crippen LogP contribution is 2.24. The lowest BCUT2D eigenvalue weighted by atomic mass is 10.0. The number of benzene rings is 2. The van der Waals surface area contributed by atoms with Crippen LogP contribution in [-0.4, -0.2) is 0 Å². The van der Waals surface area contributed by atoms with E-state index in [4.69, 9.17) is 0 Å². The van der Waals surface area contributed by atoms with Crippen LogP contribution in [0.3, 0.4) is 0 Å². The molecule has 2 unspecified atom stereocenters. The Kier molecular flexibility index (Phi) is 8.21. The zero-order valence-electron chi connectivity index (χ0n) is 16.5. The molecule has 0 amide bonds. The van der Waals surface area contributed by atoms with Crippen LogP contribution in [0.1, 0.15) is 18.3 Å². The molecule has 0 spiro atoms. The smallest absolute Gasteiger partial charge is 0.384 e. The van der Waals surface area contributed by atoms with Crippen LogP contribution in [0.4, 0.5) is 0 Å². The fourth-order valence-corrected chi connectivity index (χ4v) is 3.75. The van der Waals surface area contributed by atoms with Gasteiger partial charge in [0.2, 0.25) is 5.69 Å². The summed E-state index contributed by atoms with van der Waals surface area (Å²) in [6.07, 6.45) is 7.53. The van der Waals surface area contributed by atoms with Gasteiger partial charge in [0.1, 0.15) is 0 Å². The second-order valence-corrected chi connectivity index (χ2v) is 8.05. The second-order valence-electron chi connectivity index (χ2n) is 6.73. The van der Waals surface area contributed by atoms with E-state index >= 15 is 0 Å². The molecule has 8 heteroatoms. The van der Waals surface area contributed by atoms with Gasteiger partial charge in [-0.25, -0.2) is 0 Å². The molecule has 0 aliphatic carbocycles. The summed E-state index contributed by atoms with van der Waals surface area (Å²) in [4.78, 5) is 11.2. The molecular weight excluding hydrogens is 452 g/mol. The molecule has 2 aromatic heterocycles. The van der Waals surface area contributed by atoms with Crippen molar-refractivity contribution in [2.75, 3.05) is 0 Å². The zero-order chi connectivity index (χ0) is 20.4. The van der Waals surface area contributed by atoms with Crippen LogP contribution in [0.2, 0.25) is 0 Å². The molecule has 0 saturated heterocycles. The Hall–Kier alpha value is -2.87. The quantitative estimate of drug-likeness (QED) is 0.246. The number of nitriles is 1. The number of aromatic nitrogens is 2. The van der Waals surface area contributed by atoms with Crippen molar-refractivity contribution in [3.8, 4) is 22.9 Å². The van der Waals surface area contributed by atoms with Crippen molar-refractivity contribution in [2.45, 2.75) is 12.7 Å². The van der Waals surface area contributed by atoms with E-state index in [1.54, 1.807) is 23.9 Å². The second kappa shape index (κ2) is 10.4. The van der Waals surface area contributed by atoms with E-state index in [0.717, 1.165) is 27.6 Å². The zero-order valence-corrected chi connectivity index (χ0v) is 18.9. The molecule has 2 atom stereocenters. The number of hydrogen-bond donors (Lipinski definition) is 0. The van der Waals surface area contributed by atoms with Crippen molar-refractivity contribution in [1.29, 1.82) is 5.26 Å². The first kappa shape index (κ1) is 24.4. The number of hydrogen-bond acceptors (Lipinski definition) is 3. The third-order valence-electron chi connectivity index (χ3n) is 5.05. The molecule has 0 aliphatic rings. The molecule has 0 saturated carbocycles. The van der Waals surface area contributed by atoms with E-state index in [9.17, 15) is 14.7 Å². The average molecular weight is 470 g/mol. The monoisotopic (exact) mass is 469 g/mol. The number of rotatable bonds is 4. The molecule has 4 rings (SSSR count). The Morgan fingerprint density at radius 3 is 1.97 bits per heavy atom. The molecule has 0 N–H and O–H groups in total. The van der Waals surface area contributed by atoms with Gasteiger partial charge in [-0.15, -0.1) is 0 Å². The van der Waals surface area contributed by atoms with Gasteiger partial charge in [-0.05, 0) is 23.3 Å². The predicted molar refractivity (Wildman–Crippen MR) is 108 cm³/mol. The molecule has 0 fully saturated rings. The summed E-state index contributed by atoms with van der Waals surface area (Å²) in [6, 6.07) is 21.8. The van der Waals surface area contributed by atoms with Crippen molar-refractivity contribution in [3.63, 3.8) is 0 Å². The summed E-state index contributed by atoms with van der Waals surface area (Å²) in [5, 5.41) is 11.3. The molecule has 4 aromatic rings. The van der Waals surface area contributed by atoms with Gasteiger partial charge in [0.25, 0.3) is 0 Å². The molecule has 31 heavy (non-hydrogen) atoms. The lowest BCUT2D eigenvalue weighted by Gasteiger charge is -2.05. The third kappa shape index (κ3) is 4.90. The molecular formula is C23H18Cl2N3O2P. The summed E-state index contributed by atoms with van der Waals surface area (Å²) in [5.41, 5.74) is 3.70. The maximum atomic E-state index is 11.2. The SMILES string of the molecule is CC([n+]1ccc(-c2cc[n+](-c3ccc(C#N)c4ccccc34)cc2)cc1)[P+](=O)[O-].[Cl-].[Cl-]. The maximum Gasteiger partial charge on any atom is 0.384 e. The molecule has 0 bridgehead atoms. The summed E-state index contributed by atoms with van der Waals surface area (Å²) in [7, 11) is -2.51. The fraction of sp³-hybridized carbons (Fsp3) is 0.0870. The Labute approximate surface area is 193 Å². The van der Waals surface area contributed by atoms with Crippen molar-refractivity contribution in [1.82, 2.24) is 0 Å². The van der Waals surface area contributed by atoms with E-state index < -0.39 is 13.8 Å². The minimum atomic E-state index is -2.51. The van der Waals surface area contributed by atoms with Crippen LogP contribution < -0.4 is 38.8 Å². The summed E-state index contributed by atoms with van der Waals surface area (Å²) >= 11 is 0. The normalized spacial score (nSPS) is 11.6. The van der Waals surface area contributed by atoms with Crippen molar-refractivity contribution in [3.05, 3.63) is 91.0 Å². The Morgan fingerprint density at radius 2 is 1.42 bits per heavy atom. The van der Waals surface area contributed by atoms with Crippen LogP contribution in [-0.2, 0) is 4.57 Å². The Balaban J connectivity index is 0.00000171. The summed E-state index contributed by atoms with van der Waals surface area (Å²) < 4.78 is 14.9. The average Bonchev–Trinajstić information content (AvgIpc) is 2.78. The topological polar surface area (TPSA) is 71.7 Å². The molecule has 156 valence electrons. The predicted octanol–water partition coefficient (Wildman–Crippen LogP) is -2.43. The summed E-state index contributed by atoms with van der Waals surface area (Å²) in [6.45, 7) is 1.65. The van der Waals surface area contributed by atoms with Gasteiger partial charge < -0.3 is 29.7 Å². The lowest BCUT2D eigenvalue weighted by molar-refractivity contribution is -0.701. The van der Waals surface area contributed by atoms with Gasteiger partial charge in [0.05, 0.1) is 17.0 Å². The van der Waals surface area contributed by atoms with Gasteiger partial charge in [-0.2, -0.15) is 14.4 Å². The highest BCUT2D eigenvalue weighted by atomic mass is 35.5. The third-order valence-corrected chi connectivity index (χ3v) is 5.93. The van der Waals surface area contributed by atoms with E-state index in [0.29, 0.717) is 5.56 Å². The van der Waals surface area contributed by atoms with Gasteiger partial charge in [-0.1, -0.05) is 22.8 Å². The molecule has 0 radical (unpaired) electrons. The maximum absolute atomic E-state index is 11.2. The van der Waals surface area contributed by atoms with Crippen LogP contribution in [0.5, 0.6) is 0 Å². The standard InChI is InChI=1S/C23H18N3O2P.2ClH/c1-17(29(27)28)25-12-8-18(9-13-25)19-10-14-26(15-11-19)23-7-6-20(16-24)21-4-2-3-5-22(21)23;;/h2-15,17H,1H3;2*1H/q+2;;/p-2. The van der Waals surface area contributed by atoms with Crippen molar-refractivity contribution >= 4 is 18.8 Å². The van der Waals surface area contributed by atoms with Crippen molar-refractivity contribution < 1.29 is 43.4 Å². The minimum absolute atomic E-state index is 0. The van der Waals surface area contributed by atoms with E-state index in [1.165, 1.54) is 0 Å². The Morgan fingerprint density at radius 1 is 0.871 bits per heavy atom. The van der Waals surface area contributed by atoms with Crippen LogP contribution in [0, 0.1) is 11.3 Å². The molecule has 0 aliphatic heterocycles. The number of pyridine rings is 2. The highest BCUT2D eigenvalue weighted by molar-refractivity contribution is 7.36. The van der Waals surface area contributed by atoms with Gasteiger partial charge in [-0.3, -0.25) is 0 Å². The van der Waals surface area contributed by atoms with Crippen LogP contribution >= 0.6 is 8.03 Å². The highest BCUT2D eigenvalue weighted by Gasteiger charge is 2.24. The van der Waals surface area contributed by atoms with Crippen molar-refractivity contribution in [2.24, 2.45) is 0 Å². The molecule has 2 aromatic carbocycles. The number of halogens is 2. The van der Waals surface area contributed by atoms with Crippen LogP contribution in [0.15, 0.2) is 85.5 Å². The van der Waals surface area contributed by atoms with Gasteiger partial charge in [0.15, 0.2) is 24.8 Å². The van der Waals surface area contributed by atoms with Gasteiger partial charge in [0, 0.05) is 42.6 Å². The lowest BCUT2D eigenvalue weighted by Crippen LogP contribution is -3.00. The Bertz CT molecular complexity index is 1260. The number of nitrogens with zero attached hydrogens (tertiary/aromatic N) is 3. The van der Waals surface area contributed by atoms with E-state index in [-0.39, 0.29) is 24.8 Å². The van der Waals surface area contributed by atoms with Crippen LogP contribution in [0.25, 0.3) is 27.6 Å². The van der Waals surface area contributed by atoms with E-state index in [1.807, 2.05) is 77.6 Å². The molecule has 5 nitrogen and oxygen atoms in total. The van der Waals surface area contributed by atoms with E-state index in [2.05, 4.69) is 6.07 Å². The summed E-state index contributed by atoms with van der Waals surface area (Å²) in [5.74, 6) is -0.568.